The van der Waals surface area contributed by atoms with Gasteiger partial charge in [-0.2, -0.15) is 0 Å². The molecule has 0 saturated carbocycles. The second kappa shape index (κ2) is 5.64. The smallest absolute Gasteiger partial charge is 0.249 e. The summed E-state index contributed by atoms with van der Waals surface area (Å²) in [4.78, 5) is 18.2. The van der Waals surface area contributed by atoms with Crippen LogP contribution in [-0.2, 0) is 0 Å². The van der Waals surface area contributed by atoms with Crippen LogP contribution in [0.4, 0.5) is 0 Å². The van der Waals surface area contributed by atoms with E-state index in [-0.39, 0.29) is 5.56 Å². The summed E-state index contributed by atoms with van der Waals surface area (Å²) >= 11 is 5.59. The number of aromatic nitrogens is 2. The van der Waals surface area contributed by atoms with Gasteiger partial charge >= 0.3 is 0 Å². The fourth-order valence-corrected chi connectivity index (χ4v) is 1.69. The minimum absolute atomic E-state index is 0.131. The first-order valence-electron chi connectivity index (χ1n) is 5.52. The van der Waals surface area contributed by atoms with Gasteiger partial charge in [-0.3, -0.25) is 4.79 Å². The second-order valence-electron chi connectivity index (χ2n) is 3.73. The molecule has 2 rings (SSSR count). The monoisotopic (exact) mass is 248 g/mol. The fraction of sp³-hybridized carbons (Fsp3) is 0.231. The van der Waals surface area contributed by atoms with Crippen molar-refractivity contribution in [3.8, 4) is 0 Å². The molecule has 0 radical (unpaired) electrons. The Hall–Kier alpha value is -1.61. The summed E-state index contributed by atoms with van der Waals surface area (Å²) in [5.41, 5.74) is 1.33. The lowest BCUT2D eigenvalue weighted by atomic mass is 10.2. The number of hydrogen-bond acceptors (Lipinski definition) is 2. The molecule has 0 bridgehead atoms. The minimum atomic E-state index is -0.131. The Kier molecular flexibility index (Phi) is 3.94. The molecular formula is C13H13ClN2O. The lowest BCUT2D eigenvalue weighted by Gasteiger charge is -1.98. The highest BCUT2D eigenvalue weighted by Gasteiger charge is 1.96. The van der Waals surface area contributed by atoms with Crippen molar-refractivity contribution in [3.63, 3.8) is 0 Å². The Morgan fingerprint density at radius 2 is 2.12 bits per heavy atom. The van der Waals surface area contributed by atoms with E-state index in [9.17, 15) is 4.79 Å². The predicted octanol–water partition coefficient (Wildman–Crippen LogP) is 2.96. The van der Waals surface area contributed by atoms with Crippen molar-refractivity contribution in [2.45, 2.75) is 12.8 Å². The Morgan fingerprint density at radius 1 is 1.29 bits per heavy atom. The molecule has 1 N–H and O–H groups in total. The highest BCUT2D eigenvalue weighted by molar-refractivity contribution is 6.17. The number of fused-ring (bicyclic) bond motifs is 1. The molecule has 2 aromatic rings. The predicted molar refractivity (Wildman–Crippen MR) is 71.4 cm³/mol. The average molecular weight is 249 g/mol. The first kappa shape index (κ1) is 11.9. The van der Waals surface area contributed by atoms with Gasteiger partial charge in [0.15, 0.2) is 0 Å². The van der Waals surface area contributed by atoms with Gasteiger partial charge in [-0.1, -0.05) is 6.08 Å². The molecule has 0 aliphatic carbocycles. The molecule has 0 aliphatic heterocycles. The van der Waals surface area contributed by atoms with Gasteiger partial charge in [0.05, 0.1) is 5.69 Å². The average Bonchev–Trinajstić information content (AvgIpc) is 2.34. The van der Waals surface area contributed by atoms with Gasteiger partial charge in [0.2, 0.25) is 5.56 Å². The first-order chi connectivity index (χ1) is 8.29. The molecular weight excluding hydrogens is 236 g/mol. The highest BCUT2D eigenvalue weighted by atomic mass is 35.5. The molecule has 4 heteroatoms. The maximum atomic E-state index is 11.2. The summed E-state index contributed by atoms with van der Waals surface area (Å²) in [5, 5.41) is 0.933. The highest BCUT2D eigenvalue weighted by Crippen LogP contribution is 2.09. The number of unbranched alkanes of at least 4 members (excludes halogenated alkanes) is 1. The zero-order chi connectivity index (χ0) is 12.1. The van der Waals surface area contributed by atoms with E-state index in [4.69, 9.17) is 11.6 Å². The molecule has 0 fully saturated rings. The molecule has 0 aromatic carbocycles. The minimum Gasteiger partial charge on any atom is -0.307 e. The molecule has 0 amide bonds. The van der Waals surface area contributed by atoms with E-state index in [1.807, 2.05) is 24.3 Å². The number of H-pyrrole nitrogens is 1. The molecule has 3 nitrogen and oxygen atoms in total. The van der Waals surface area contributed by atoms with Crippen LogP contribution in [0, 0.1) is 0 Å². The molecule has 17 heavy (non-hydrogen) atoms. The Balaban J connectivity index is 2.24. The standard InChI is InChI=1S/C13H13ClN2O/c14-9-3-1-2-4-11-7-5-10-6-8-12(17)16-13(10)15-11/h2,4-8H,1,3,9H2,(H,15,16,17)/b4-2+. The van der Waals surface area contributed by atoms with Gasteiger partial charge in [0, 0.05) is 17.3 Å². The van der Waals surface area contributed by atoms with Crippen LogP contribution in [-0.4, -0.2) is 15.8 Å². The van der Waals surface area contributed by atoms with Gasteiger partial charge in [-0.05, 0) is 37.1 Å². The number of halogens is 1. The number of allylic oxidation sites excluding steroid dienone is 1. The fourth-order valence-electron chi connectivity index (χ4n) is 1.54. The topological polar surface area (TPSA) is 45.8 Å². The number of rotatable bonds is 4. The lowest BCUT2D eigenvalue weighted by Crippen LogP contribution is -2.03. The summed E-state index contributed by atoms with van der Waals surface area (Å²) in [6.45, 7) is 0. The summed E-state index contributed by atoms with van der Waals surface area (Å²) in [5.74, 6) is 0.669. The van der Waals surface area contributed by atoms with Crippen molar-refractivity contribution in [2.24, 2.45) is 0 Å². The van der Waals surface area contributed by atoms with Crippen molar-refractivity contribution in [2.75, 3.05) is 5.88 Å². The Morgan fingerprint density at radius 3 is 2.94 bits per heavy atom. The summed E-state index contributed by atoms with van der Waals surface area (Å²) in [7, 11) is 0. The van der Waals surface area contributed by atoms with Gasteiger partial charge < -0.3 is 4.98 Å². The van der Waals surface area contributed by atoms with Crippen LogP contribution in [0.25, 0.3) is 17.1 Å². The van der Waals surface area contributed by atoms with Crippen LogP contribution >= 0.6 is 11.6 Å². The van der Waals surface area contributed by atoms with Crippen LogP contribution in [0.1, 0.15) is 18.5 Å². The SMILES string of the molecule is O=c1ccc2ccc(/C=C/CCCCl)nc2[nH]1. The maximum absolute atomic E-state index is 11.2. The molecule has 0 spiro atoms. The molecule has 2 aromatic heterocycles. The Labute approximate surface area is 104 Å². The van der Waals surface area contributed by atoms with Crippen LogP contribution in [0.3, 0.4) is 0 Å². The van der Waals surface area contributed by atoms with E-state index in [0.717, 1.165) is 23.9 Å². The molecule has 88 valence electrons. The zero-order valence-electron chi connectivity index (χ0n) is 9.32. The van der Waals surface area contributed by atoms with Crippen molar-refractivity contribution in [1.82, 2.24) is 9.97 Å². The molecule has 0 atom stereocenters. The number of pyridine rings is 2. The quantitative estimate of drug-likeness (QED) is 0.668. The normalized spacial score (nSPS) is 11.4. The van der Waals surface area contributed by atoms with Gasteiger partial charge in [-0.15, -0.1) is 11.6 Å². The Bertz CT molecular complexity index is 589. The van der Waals surface area contributed by atoms with E-state index >= 15 is 0 Å². The molecule has 2 heterocycles. The number of nitrogens with zero attached hydrogens (tertiary/aromatic N) is 1. The lowest BCUT2D eigenvalue weighted by molar-refractivity contribution is 0.970. The number of nitrogens with one attached hydrogen (secondary N) is 1. The van der Waals surface area contributed by atoms with Gasteiger partial charge in [0.1, 0.15) is 5.65 Å². The molecule has 0 saturated heterocycles. The zero-order valence-corrected chi connectivity index (χ0v) is 10.1. The van der Waals surface area contributed by atoms with E-state index in [2.05, 4.69) is 9.97 Å². The van der Waals surface area contributed by atoms with Crippen molar-refractivity contribution >= 4 is 28.7 Å². The van der Waals surface area contributed by atoms with Gasteiger partial charge in [0.25, 0.3) is 0 Å². The van der Waals surface area contributed by atoms with Crippen LogP contribution in [0.15, 0.2) is 35.1 Å². The van der Waals surface area contributed by atoms with Crippen LogP contribution < -0.4 is 5.56 Å². The van der Waals surface area contributed by atoms with E-state index in [0.29, 0.717) is 11.5 Å². The summed E-state index contributed by atoms with van der Waals surface area (Å²) in [6.07, 6.45) is 5.88. The van der Waals surface area contributed by atoms with E-state index in [1.54, 1.807) is 6.07 Å². The first-order valence-corrected chi connectivity index (χ1v) is 6.05. The largest absolute Gasteiger partial charge is 0.307 e. The van der Waals surface area contributed by atoms with E-state index < -0.39 is 0 Å². The van der Waals surface area contributed by atoms with Crippen molar-refractivity contribution in [3.05, 3.63) is 46.4 Å². The van der Waals surface area contributed by atoms with Crippen LogP contribution in [0.2, 0.25) is 0 Å². The third-order valence-electron chi connectivity index (χ3n) is 2.40. The third-order valence-corrected chi connectivity index (χ3v) is 2.66. The number of alkyl halides is 1. The maximum Gasteiger partial charge on any atom is 0.249 e. The van der Waals surface area contributed by atoms with Crippen molar-refractivity contribution in [1.29, 1.82) is 0 Å². The number of hydrogen-bond donors (Lipinski definition) is 1. The van der Waals surface area contributed by atoms with Crippen LogP contribution in [0.5, 0.6) is 0 Å². The van der Waals surface area contributed by atoms with Gasteiger partial charge in [-0.25, -0.2) is 4.98 Å². The molecule has 0 aliphatic rings. The summed E-state index contributed by atoms with van der Waals surface area (Å²) in [6, 6.07) is 7.14. The number of aromatic amines is 1. The van der Waals surface area contributed by atoms with E-state index in [1.165, 1.54) is 6.07 Å². The molecule has 0 unspecified atom stereocenters. The summed E-state index contributed by atoms with van der Waals surface area (Å²) < 4.78 is 0. The second-order valence-corrected chi connectivity index (χ2v) is 4.11. The van der Waals surface area contributed by atoms with Crippen molar-refractivity contribution < 1.29 is 0 Å². The third kappa shape index (κ3) is 3.17.